The van der Waals surface area contributed by atoms with Crippen LogP contribution >= 0.6 is 15.9 Å². The van der Waals surface area contributed by atoms with Crippen LogP contribution < -0.4 is 5.56 Å². The third kappa shape index (κ3) is 4.85. The molecular formula is C32H28BrF3N6O2. The van der Waals surface area contributed by atoms with Crippen LogP contribution in [-0.2, 0) is 25.6 Å². The zero-order valence-corrected chi connectivity index (χ0v) is 25.5. The van der Waals surface area contributed by atoms with Crippen LogP contribution in [-0.4, -0.2) is 41.0 Å². The standard InChI is InChI=1S/C32H28BrF3N6O2/c1-17-11-24-27(15-40(17)30(43)21-7-10-26(33)25(13-21)32(34,35)36)42-29(22(14-39-42)12-19-3-4-19)41(31(24)44)23-8-5-20(6-9-23)28-18(2)37-16-38-28/h5-10,13-14,16-17,19H,3-4,11-12,15H2,1-2H3,(H,37,38)/t17-/m1/s1. The van der Waals surface area contributed by atoms with Crippen LogP contribution in [0.3, 0.4) is 0 Å². The van der Waals surface area contributed by atoms with Crippen molar-refractivity contribution in [3.63, 3.8) is 0 Å². The summed E-state index contributed by atoms with van der Waals surface area (Å²) in [6, 6.07) is 10.8. The van der Waals surface area contributed by atoms with Gasteiger partial charge in [-0.3, -0.25) is 14.2 Å². The highest BCUT2D eigenvalue weighted by atomic mass is 79.9. The molecule has 0 radical (unpaired) electrons. The molecule has 1 amide bonds. The molecule has 0 spiro atoms. The fourth-order valence-corrected chi connectivity index (χ4v) is 6.62. The summed E-state index contributed by atoms with van der Waals surface area (Å²) in [5.74, 6) is 0.000160. The largest absolute Gasteiger partial charge is 0.417 e. The summed E-state index contributed by atoms with van der Waals surface area (Å²) in [6.45, 7) is 3.78. The van der Waals surface area contributed by atoms with E-state index in [1.54, 1.807) is 21.6 Å². The van der Waals surface area contributed by atoms with Crippen molar-refractivity contribution >= 4 is 27.5 Å². The van der Waals surface area contributed by atoms with Crippen LogP contribution in [0.5, 0.6) is 0 Å². The van der Waals surface area contributed by atoms with E-state index in [1.807, 2.05) is 38.1 Å². The molecule has 2 aliphatic rings. The lowest BCUT2D eigenvalue weighted by Gasteiger charge is -2.35. The Hall–Kier alpha value is -4.19. The summed E-state index contributed by atoms with van der Waals surface area (Å²) in [4.78, 5) is 36.9. The van der Waals surface area contributed by atoms with Gasteiger partial charge in [0.2, 0.25) is 0 Å². The molecule has 7 rings (SSSR count). The van der Waals surface area contributed by atoms with E-state index in [4.69, 9.17) is 5.10 Å². The number of aryl methyl sites for hydroxylation is 1. The van der Waals surface area contributed by atoms with Crippen LogP contribution in [0.2, 0.25) is 0 Å². The minimum Gasteiger partial charge on any atom is -0.344 e. The summed E-state index contributed by atoms with van der Waals surface area (Å²) in [6.07, 6.45) is 2.09. The summed E-state index contributed by atoms with van der Waals surface area (Å²) < 4.78 is 44.1. The zero-order chi connectivity index (χ0) is 30.9. The number of nitrogens with one attached hydrogen (secondary N) is 1. The average molecular weight is 666 g/mol. The molecule has 0 saturated heterocycles. The smallest absolute Gasteiger partial charge is 0.344 e. The number of alkyl halides is 3. The quantitative estimate of drug-likeness (QED) is 0.232. The summed E-state index contributed by atoms with van der Waals surface area (Å²) in [7, 11) is 0. The van der Waals surface area contributed by atoms with E-state index in [2.05, 4.69) is 25.9 Å². The van der Waals surface area contributed by atoms with Gasteiger partial charge in [-0.25, -0.2) is 9.50 Å². The Bertz CT molecular complexity index is 1990. The average Bonchev–Trinajstić information content (AvgIpc) is 3.56. The number of hydrogen-bond donors (Lipinski definition) is 1. The van der Waals surface area contributed by atoms with Gasteiger partial charge in [0.05, 0.1) is 47.4 Å². The van der Waals surface area contributed by atoms with E-state index < -0.39 is 23.7 Å². The van der Waals surface area contributed by atoms with E-state index in [0.717, 1.165) is 47.8 Å². The van der Waals surface area contributed by atoms with Crippen molar-refractivity contribution in [3.05, 3.63) is 103 Å². The fourth-order valence-electron chi connectivity index (χ4n) is 6.15. The minimum absolute atomic E-state index is 0.0436. The SMILES string of the molecule is Cc1nc[nH]c1-c1ccc(-n2c(=O)c3c(n4ncc(CC5CC5)c24)CN(C(=O)c2ccc(Br)c(C(F)(F)F)c2)[C@H](C)C3)cc1. The molecule has 3 aromatic heterocycles. The first kappa shape index (κ1) is 28.6. The second-order valence-electron chi connectivity index (χ2n) is 11.7. The van der Waals surface area contributed by atoms with Gasteiger partial charge in [0.25, 0.3) is 11.5 Å². The second-order valence-corrected chi connectivity index (χ2v) is 12.6. The molecule has 44 heavy (non-hydrogen) atoms. The predicted octanol–water partition coefficient (Wildman–Crippen LogP) is 6.50. The Balaban J connectivity index is 1.33. The first-order chi connectivity index (χ1) is 21.0. The molecule has 1 N–H and O–H groups in total. The number of nitrogens with zero attached hydrogens (tertiary/aromatic N) is 5. The number of aromatic amines is 1. The van der Waals surface area contributed by atoms with Crippen molar-refractivity contribution in [1.82, 2.24) is 29.0 Å². The Kier molecular flexibility index (Phi) is 6.80. The topological polar surface area (TPSA) is 88.3 Å². The molecular weight excluding hydrogens is 637 g/mol. The van der Waals surface area contributed by atoms with Crippen LogP contribution in [0.15, 0.2) is 64.3 Å². The van der Waals surface area contributed by atoms with Crippen molar-refractivity contribution in [3.8, 4) is 16.9 Å². The van der Waals surface area contributed by atoms with E-state index in [1.165, 1.54) is 17.0 Å². The lowest BCUT2D eigenvalue weighted by atomic mass is 9.97. The lowest BCUT2D eigenvalue weighted by molar-refractivity contribution is -0.138. The Morgan fingerprint density at radius 2 is 1.89 bits per heavy atom. The number of carbonyl (C=O) groups excluding carboxylic acids is 1. The van der Waals surface area contributed by atoms with Crippen molar-refractivity contribution in [1.29, 1.82) is 0 Å². The molecule has 2 aromatic carbocycles. The normalized spacial score (nSPS) is 16.9. The molecule has 1 saturated carbocycles. The number of H-pyrrole nitrogens is 1. The summed E-state index contributed by atoms with van der Waals surface area (Å²) >= 11 is 2.95. The van der Waals surface area contributed by atoms with Crippen LogP contribution in [0.4, 0.5) is 13.2 Å². The van der Waals surface area contributed by atoms with Crippen molar-refractivity contribution in [2.75, 3.05) is 0 Å². The lowest BCUT2D eigenvalue weighted by Crippen LogP contribution is -2.46. The Labute approximate surface area is 258 Å². The minimum atomic E-state index is -4.62. The van der Waals surface area contributed by atoms with Crippen molar-refractivity contribution in [2.24, 2.45) is 5.92 Å². The maximum absolute atomic E-state index is 14.3. The van der Waals surface area contributed by atoms with E-state index in [9.17, 15) is 22.8 Å². The van der Waals surface area contributed by atoms with Gasteiger partial charge in [-0.15, -0.1) is 0 Å². The monoisotopic (exact) mass is 664 g/mol. The van der Waals surface area contributed by atoms with E-state index in [0.29, 0.717) is 28.5 Å². The number of rotatable bonds is 5. The van der Waals surface area contributed by atoms with Crippen LogP contribution in [0.25, 0.3) is 22.6 Å². The molecule has 12 heteroatoms. The Morgan fingerprint density at radius 3 is 2.55 bits per heavy atom. The number of benzene rings is 2. The summed E-state index contributed by atoms with van der Waals surface area (Å²) in [5.41, 5.74) is 4.97. The van der Waals surface area contributed by atoms with Gasteiger partial charge < -0.3 is 9.88 Å². The Morgan fingerprint density at radius 1 is 1.14 bits per heavy atom. The van der Waals surface area contributed by atoms with Crippen LogP contribution in [0, 0.1) is 12.8 Å². The van der Waals surface area contributed by atoms with Crippen molar-refractivity contribution < 1.29 is 18.0 Å². The number of halogens is 4. The van der Waals surface area contributed by atoms with Gasteiger partial charge in [-0.05, 0) is 81.3 Å². The number of hydrogen-bond acceptors (Lipinski definition) is 4. The van der Waals surface area contributed by atoms with Gasteiger partial charge >= 0.3 is 6.18 Å². The molecule has 4 heterocycles. The predicted molar refractivity (Wildman–Crippen MR) is 162 cm³/mol. The number of aromatic nitrogens is 5. The summed E-state index contributed by atoms with van der Waals surface area (Å²) in [5, 5.41) is 4.71. The van der Waals surface area contributed by atoms with Crippen molar-refractivity contribution in [2.45, 2.75) is 58.3 Å². The highest BCUT2D eigenvalue weighted by molar-refractivity contribution is 9.10. The van der Waals surface area contributed by atoms with Crippen LogP contribution in [0.1, 0.15) is 58.2 Å². The highest BCUT2D eigenvalue weighted by Crippen LogP contribution is 2.37. The molecule has 0 bridgehead atoms. The van der Waals surface area contributed by atoms with Gasteiger partial charge in [-0.2, -0.15) is 18.3 Å². The number of imidazole rings is 1. The molecule has 1 fully saturated rings. The van der Waals surface area contributed by atoms with Gasteiger partial charge in [0.1, 0.15) is 5.65 Å². The molecule has 8 nitrogen and oxygen atoms in total. The maximum Gasteiger partial charge on any atom is 0.417 e. The molecule has 0 unspecified atom stereocenters. The second kappa shape index (κ2) is 10.5. The number of amides is 1. The molecule has 5 aromatic rings. The number of fused-ring (bicyclic) bond motifs is 3. The third-order valence-corrected chi connectivity index (χ3v) is 9.37. The highest BCUT2D eigenvalue weighted by Gasteiger charge is 2.37. The third-order valence-electron chi connectivity index (χ3n) is 8.67. The maximum atomic E-state index is 14.3. The fraction of sp³-hybridized carbons (Fsp3) is 0.312. The first-order valence-corrected chi connectivity index (χ1v) is 15.2. The van der Waals surface area contributed by atoms with Gasteiger partial charge in [-0.1, -0.05) is 28.1 Å². The number of carbonyl (C=O) groups is 1. The molecule has 1 aliphatic carbocycles. The molecule has 226 valence electrons. The molecule has 1 atom stereocenters. The van der Waals surface area contributed by atoms with E-state index >= 15 is 0 Å². The van der Waals surface area contributed by atoms with E-state index in [-0.39, 0.29) is 28.6 Å². The molecule has 1 aliphatic heterocycles. The first-order valence-electron chi connectivity index (χ1n) is 14.4. The van der Waals surface area contributed by atoms with Gasteiger partial charge in [0, 0.05) is 27.2 Å². The zero-order valence-electron chi connectivity index (χ0n) is 24.0. The van der Waals surface area contributed by atoms with Gasteiger partial charge in [0.15, 0.2) is 0 Å².